The zero-order valence-corrected chi connectivity index (χ0v) is 17.1. The molecule has 0 spiro atoms. The third-order valence-corrected chi connectivity index (χ3v) is 5.07. The standard InChI is InChI=1S/C23H26N2O5/c1-15(22(27)25-23(28)24-19-5-3-4-6-19)30-21(26)12-8-16-7-9-18-14-20(29-2)11-10-17(18)13-16/h7-15,19H,3-6H2,1-2H3,(H2,24,25,27,28)/b12-8+/t15-/m1/s1. The van der Waals surface area contributed by atoms with Crippen LogP contribution in [0.15, 0.2) is 42.5 Å². The quantitative estimate of drug-likeness (QED) is 0.561. The topological polar surface area (TPSA) is 93.7 Å². The van der Waals surface area contributed by atoms with Crippen LogP contribution in [0.4, 0.5) is 4.79 Å². The first-order chi connectivity index (χ1) is 14.4. The van der Waals surface area contributed by atoms with Crippen LogP contribution >= 0.6 is 0 Å². The molecule has 0 bridgehead atoms. The molecule has 0 unspecified atom stereocenters. The van der Waals surface area contributed by atoms with E-state index in [9.17, 15) is 14.4 Å². The minimum Gasteiger partial charge on any atom is -0.497 e. The predicted octanol–water partition coefficient (Wildman–Crippen LogP) is 3.56. The van der Waals surface area contributed by atoms with E-state index in [1.54, 1.807) is 13.2 Å². The van der Waals surface area contributed by atoms with Gasteiger partial charge in [-0.3, -0.25) is 10.1 Å². The molecule has 7 heteroatoms. The fraction of sp³-hybridized carbons (Fsp3) is 0.348. The van der Waals surface area contributed by atoms with E-state index in [4.69, 9.17) is 9.47 Å². The second-order valence-electron chi connectivity index (χ2n) is 7.33. The largest absolute Gasteiger partial charge is 0.497 e. The Morgan fingerprint density at radius 1 is 1.07 bits per heavy atom. The normalized spacial score (nSPS) is 15.1. The summed E-state index contributed by atoms with van der Waals surface area (Å²) in [7, 11) is 1.62. The number of fused-ring (bicyclic) bond motifs is 1. The molecule has 0 aliphatic heterocycles. The molecule has 158 valence electrons. The molecule has 1 saturated carbocycles. The number of carbonyl (C=O) groups excluding carboxylic acids is 3. The number of imide groups is 1. The Labute approximate surface area is 175 Å². The first-order valence-corrected chi connectivity index (χ1v) is 10.0. The molecule has 0 radical (unpaired) electrons. The summed E-state index contributed by atoms with van der Waals surface area (Å²) in [5.74, 6) is -0.547. The SMILES string of the molecule is COc1ccc2cc(/C=C/C(=O)O[C@H](C)C(=O)NC(=O)NC3CCCC3)ccc2c1. The molecule has 30 heavy (non-hydrogen) atoms. The smallest absolute Gasteiger partial charge is 0.331 e. The van der Waals surface area contributed by atoms with Crippen LogP contribution in [-0.4, -0.2) is 37.2 Å². The van der Waals surface area contributed by atoms with Gasteiger partial charge in [-0.2, -0.15) is 0 Å². The van der Waals surface area contributed by atoms with Gasteiger partial charge >= 0.3 is 12.0 Å². The van der Waals surface area contributed by atoms with Gasteiger partial charge in [-0.05, 0) is 60.4 Å². The van der Waals surface area contributed by atoms with Gasteiger partial charge in [0.05, 0.1) is 7.11 Å². The number of methoxy groups -OCH3 is 1. The molecule has 2 aromatic rings. The fourth-order valence-electron chi connectivity index (χ4n) is 3.41. The molecule has 0 heterocycles. The second-order valence-corrected chi connectivity index (χ2v) is 7.33. The van der Waals surface area contributed by atoms with Crippen LogP contribution in [0, 0.1) is 0 Å². The highest BCUT2D eigenvalue weighted by Crippen LogP contribution is 2.22. The van der Waals surface area contributed by atoms with E-state index in [1.807, 2.05) is 36.4 Å². The zero-order valence-electron chi connectivity index (χ0n) is 17.1. The van der Waals surface area contributed by atoms with E-state index in [2.05, 4.69) is 10.6 Å². The molecule has 1 aliphatic carbocycles. The summed E-state index contributed by atoms with van der Waals surface area (Å²) in [6.07, 6.45) is 5.77. The van der Waals surface area contributed by atoms with E-state index in [1.165, 1.54) is 13.0 Å². The number of hydrogen-bond donors (Lipinski definition) is 2. The van der Waals surface area contributed by atoms with Gasteiger partial charge in [-0.1, -0.05) is 31.0 Å². The Bertz CT molecular complexity index is 963. The molecular formula is C23H26N2O5. The minimum atomic E-state index is -1.08. The molecule has 3 amide bonds. The first-order valence-electron chi connectivity index (χ1n) is 10.0. The van der Waals surface area contributed by atoms with Crippen LogP contribution in [-0.2, 0) is 14.3 Å². The molecular weight excluding hydrogens is 384 g/mol. The van der Waals surface area contributed by atoms with Crippen LogP contribution in [0.5, 0.6) is 5.75 Å². The molecule has 1 atom stereocenters. The van der Waals surface area contributed by atoms with E-state index in [-0.39, 0.29) is 6.04 Å². The summed E-state index contributed by atoms with van der Waals surface area (Å²) < 4.78 is 10.3. The van der Waals surface area contributed by atoms with Crippen molar-refractivity contribution in [2.24, 2.45) is 0 Å². The molecule has 1 fully saturated rings. The van der Waals surface area contributed by atoms with Crippen molar-refractivity contribution in [2.45, 2.75) is 44.8 Å². The summed E-state index contributed by atoms with van der Waals surface area (Å²) in [6.45, 7) is 1.42. The number of hydrogen-bond acceptors (Lipinski definition) is 5. The Morgan fingerprint density at radius 2 is 1.77 bits per heavy atom. The van der Waals surface area contributed by atoms with Gasteiger partial charge in [0.2, 0.25) is 0 Å². The lowest BCUT2D eigenvalue weighted by Gasteiger charge is -2.15. The number of esters is 1. The third kappa shape index (κ3) is 5.83. The van der Waals surface area contributed by atoms with Crippen molar-refractivity contribution in [3.8, 4) is 5.75 Å². The van der Waals surface area contributed by atoms with Crippen molar-refractivity contribution in [1.82, 2.24) is 10.6 Å². The number of benzene rings is 2. The predicted molar refractivity (Wildman–Crippen MR) is 114 cm³/mol. The molecule has 0 aromatic heterocycles. The molecule has 2 aromatic carbocycles. The van der Waals surface area contributed by atoms with Gasteiger partial charge in [0, 0.05) is 12.1 Å². The van der Waals surface area contributed by atoms with E-state index in [0.717, 1.165) is 47.8 Å². The van der Waals surface area contributed by atoms with Gasteiger partial charge in [-0.15, -0.1) is 0 Å². The first kappa shape index (κ1) is 21.4. The van der Waals surface area contributed by atoms with Gasteiger partial charge in [0.25, 0.3) is 5.91 Å². The Balaban J connectivity index is 1.51. The van der Waals surface area contributed by atoms with Crippen molar-refractivity contribution < 1.29 is 23.9 Å². The van der Waals surface area contributed by atoms with Crippen molar-refractivity contribution >= 4 is 34.8 Å². The fourth-order valence-corrected chi connectivity index (χ4v) is 3.41. The Kier molecular flexibility index (Phi) is 7.06. The van der Waals surface area contributed by atoms with Gasteiger partial charge in [-0.25, -0.2) is 9.59 Å². The highest BCUT2D eigenvalue weighted by Gasteiger charge is 2.22. The van der Waals surface area contributed by atoms with Crippen molar-refractivity contribution in [2.75, 3.05) is 7.11 Å². The summed E-state index contributed by atoms with van der Waals surface area (Å²) >= 11 is 0. The molecule has 0 saturated heterocycles. The average Bonchev–Trinajstić information content (AvgIpc) is 3.24. The highest BCUT2D eigenvalue weighted by atomic mass is 16.5. The number of rotatable bonds is 6. The number of amides is 3. The Hall–Kier alpha value is -3.35. The van der Waals surface area contributed by atoms with E-state index in [0.29, 0.717) is 0 Å². The lowest BCUT2D eigenvalue weighted by Crippen LogP contribution is -2.47. The van der Waals surface area contributed by atoms with Gasteiger partial charge < -0.3 is 14.8 Å². The lowest BCUT2D eigenvalue weighted by molar-refractivity contribution is -0.149. The lowest BCUT2D eigenvalue weighted by atomic mass is 10.1. The van der Waals surface area contributed by atoms with Gasteiger partial charge in [0.15, 0.2) is 6.10 Å². The van der Waals surface area contributed by atoms with Crippen LogP contribution in [0.25, 0.3) is 16.8 Å². The van der Waals surface area contributed by atoms with Crippen LogP contribution in [0.1, 0.15) is 38.2 Å². The van der Waals surface area contributed by atoms with Crippen LogP contribution < -0.4 is 15.4 Å². The monoisotopic (exact) mass is 410 g/mol. The third-order valence-electron chi connectivity index (χ3n) is 5.07. The maximum Gasteiger partial charge on any atom is 0.331 e. The summed E-state index contributed by atoms with van der Waals surface area (Å²) in [4.78, 5) is 35.9. The summed E-state index contributed by atoms with van der Waals surface area (Å²) in [5.41, 5.74) is 0.817. The number of ether oxygens (including phenoxy) is 2. The highest BCUT2D eigenvalue weighted by molar-refractivity contribution is 5.98. The Morgan fingerprint density at radius 3 is 2.50 bits per heavy atom. The van der Waals surface area contributed by atoms with Crippen LogP contribution in [0.2, 0.25) is 0 Å². The molecule has 3 rings (SSSR count). The van der Waals surface area contributed by atoms with Crippen molar-refractivity contribution in [3.05, 3.63) is 48.0 Å². The average molecular weight is 410 g/mol. The number of nitrogens with one attached hydrogen (secondary N) is 2. The molecule has 1 aliphatic rings. The van der Waals surface area contributed by atoms with Crippen LogP contribution in [0.3, 0.4) is 0 Å². The maximum atomic E-state index is 12.1. The molecule has 7 nitrogen and oxygen atoms in total. The van der Waals surface area contributed by atoms with Crippen molar-refractivity contribution in [1.29, 1.82) is 0 Å². The number of carbonyl (C=O) groups is 3. The second kappa shape index (κ2) is 9.91. The van der Waals surface area contributed by atoms with E-state index < -0.39 is 24.0 Å². The zero-order chi connectivity index (χ0) is 21.5. The van der Waals surface area contributed by atoms with Gasteiger partial charge in [0.1, 0.15) is 5.75 Å². The van der Waals surface area contributed by atoms with Crippen molar-refractivity contribution in [3.63, 3.8) is 0 Å². The minimum absolute atomic E-state index is 0.0987. The maximum absolute atomic E-state index is 12.1. The summed E-state index contributed by atoms with van der Waals surface area (Å²) in [6, 6.07) is 11.0. The van der Waals surface area contributed by atoms with E-state index >= 15 is 0 Å². The summed E-state index contributed by atoms with van der Waals surface area (Å²) in [5, 5.41) is 7.00. The number of urea groups is 1. The molecule has 2 N–H and O–H groups in total.